The lowest BCUT2D eigenvalue weighted by Gasteiger charge is -2.25. The number of hydrogen-bond donors (Lipinski definition) is 0. The molecule has 30 heavy (non-hydrogen) atoms. The Balaban J connectivity index is 2.15. The summed E-state index contributed by atoms with van der Waals surface area (Å²) in [6.07, 6.45) is 0. The number of carbonyl (C=O) groups excluding carboxylic acids is 2. The number of nitro groups is 1. The molecule has 0 saturated heterocycles. The number of rotatable bonds is 9. The second-order valence-electron chi connectivity index (χ2n) is 6.38. The van der Waals surface area contributed by atoms with E-state index < -0.39 is 29.1 Å². The molecule has 2 aromatic carbocycles. The predicted molar refractivity (Wildman–Crippen MR) is 109 cm³/mol. The molecule has 0 N–H and O–H groups in total. The van der Waals surface area contributed by atoms with Crippen molar-refractivity contribution in [2.75, 3.05) is 27.4 Å². The van der Waals surface area contributed by atoms with Gasteiger partial charge in [0.05, 0.1) is 30.7 Å². The molecule has 2 rings (SSSR count). The summed E-state index contributed by atoms with van der Waals surface area (Å²) >= 11 is 0. The zero-order valence-corrected chi connectivity index (χ0v) is 17.3. The van der Waals surface area contributed by atoms with Crippen LogP contribution >= 0.6 is 0 Å². The standard InChI is InChI=1S/C21H24N2O7/c1-5-29-19-12-17(23(26)27)16(11-18(19)28-4)21(25)30-13-20(24)22(3)14(2)15-9-7-6-8-10-15/h6-12,14H,5,13H2,1-4H3/t14-/m0/s1. The Kier molecular flexibility index (Phi) is 7.74. The number of methoxy groups -OCH3 is 1. The first-order chi connectivity index (χ1) is 14.3. The first kappa shape index (κ1) is 22.7. The molecule has 0 fully saturated rings. The van der Waals surface area contributed by atoms with Crippen LogP contribution < -0.4 is 9.47 Å². The number of ether oxygens (including phenoxy) is 3. The van der Waals surface area contributed by atoms with Gasteiger partial charge in [0.1, 0.15) is 5.56 Å². The van der Waals surface area contributed by atoms with Gasteiger partial charge in [0.2, 0.25) is 0 Å². The predicted octanol–water partition coefficient (Wildman–Crippen LogP) is 3.38. The van der Waals surface area contributed by atoms with Crippen molar-refractivity contribution in [3.05, 3.63) is 63.7 Å². The van der Waals surface area contributed by atoms with Gasteiger partial charge in [-0.1, -0.05) is 30.3 Å². The largest absolute Gasteiger partial charge is 0.493 e. The van der Waals surface area contributed by atoms with Crippen LogP contribution in [0.3, 0.4) is 0 Å². The molecule has 0 bridgehead atoms. The van der Waals surface area contributed by atoms with Crippen LogP contribution in [0.4, 0.5) is 5.69 Å². The lowest BCUT2D eigenvalue weighted by atomic mass is 10.1. The zero-order valence-electron chi connectivity index (χ0n) is 17.3. The molecule has 0 heterocycles. The Bertz CT molecular complexity index is 915. The Labute approximate surface area is 174 Å². The van der Waals surface area contributed by atoms with Crippen LogP contribution in [0.1, 0.15) is 35.8 Å². The SMILES string of the molecule is CCOc1cc([N+](=O)[O-])c(C(=O)OCC(=O)N(C)[C@@H](C)c2ccccc2)cc1OC. The summed E-state index contributed by atoms with van der Waals surface area (Å²) in [5.41, 5.74) is 0.0983. The van der Waals surface area contributed by atoms with Crippen molar-refractivity contribution in [1.29, 1.82) is 0 Å². The lowest BCUT2D eigenvalue weighted by Crippen LogP contribution is -2.33. The lowest BCUT2D eigenvalue weighted by molar-refractivity contribution is -0.385. The normalized spacial score (nSPS) is 11.3. The Hall–Kier alpha value is -3.62. The molecule has 9 nitrogen and oxygen atoms in total. The van der Waals surface area contributed by atoms with Crippen LogP contribution in [0, 0.1) is 10.1 Å². The van der Waals surface area contributed by atoms with E-state index in [0.29, 0.717) is 0 Å². The van der Waals surface area contributed by atoms with Gasteiger partial charge in [0, 0.05) is 13.1 Å². The molecule has 0 spiro atoms. The number of amides is 1. The molecule has 9 heteroatoms. The van der Waals surface area contributed by atoms with Crippen molar-refractivity contribution in [3.8, 4) is 11.5 Å². The summed E-state index contributed by atoms with van der Waals surface area (Å²) in [5.74, 6) is -1.16. The van der Waals surface area contributed by atoms with Gasteiger partial charge in [-0.3, -0.25) is 14.9 Å². The van der Waals surface area contributed by atoms with E-state index in [-0.39, 0.29) is 29.7 Å². The minimum atomic E-state index is -1.00. The van der Waals surface area contributed by atoms with Crippen LogP contribution in [0.2, 0.25) is 0 Å². The van der Waals surface area contributed by atoms with Crippen LogP contribution in [0.5, 0.6) is 11.5 Å². The molecule has 2 aromatic rings. The Morgan fingerprint density at radius 2 is 1.83 bits per heavy atom. The molecule has 0 radical (unpaired) electrons. The molecule has 1 amide bonds. The van der Waals surface area contributed by atoms with Crippen molar-refractivity contribution < 1.29 is 28.7 Å². The highest BCUT2D eigenvalue weighted by Gasteiger charge is 2.27. The highest BCUT2D eigenvalue weighted by molar-refractivity contribution is 5.96. The first-order valence-corrected chi connectivity index (χ1v) is 9.27. The molecule has 0 saturated carbocycles. The summed E-state index contributed by atoms with van der Waals surface area (Å²) in [6.45, 7) is 3.26. The zero-order chi connectivity index (χ0) is 22.3. The molecular weight excluding hydrogens is 392 g/mol. The number of nitro benzene ring substituents is 1. The fraction of sp³-hybridized carbons (Fsp3) is 0.333. The highest BCUT2D eigenvalue weighted by Crippen LogP contribution is 2.35. The monoisotopic (exact) mass is 416 g/mol. The number of likely N-dealkylation sites (N-methyl/N-ethyl adjacent to an activating group) is 1. The minimum Gasteiger partial charge on any atom is -0.493 e. The second kappa shape index (κ2) is 10.2. The van der Waals surface area contributed by atoms with Crippen LogP contribution in [-0.4, -0.2) is 49.1 Å². The summed E-state index contributed by atoms with van der Waals surface area (Å²) < 4.78 is 15.5. The molecule has 1 atom stereocenters. The van der Waals surface area contributed by atoms with Gasteiger partial charge in [-0.15, -0.1) is 0 Å². The summed E-state index contributed by atoms with van der Waals surface area (Å²) in [7, 11) is 2.94. The van der Waals surface area contributed by atoms with Crippen molar-refractivity contribution in [2.45, 2.75) is 19.9 Å². The highest BCUT2D eigenvalue weighted by atomic mass is 16.6. The maximum absolute atomic E-state index is 12.5. The number of benzene rings is 2. The van der Waals surface area contributed by atoms with Gasteiger partial charge in [0.15, 0.2) is 18.1 Å². The molecule has 0 aromatic heterocycles. The van der Waals surface area contributed by atoms with Crippen molar-refractivity contribution in [1.82, 2.24) is 4.90 Å². The number of hydrogen-bond acceptors (Lipinski definition) is 7. The minimum absolute atomic E-state index is 0.135. The summed E-state index contributed by atoms with van der Waals surface area (Å²) in [4.78, 5) is 37.0. The Morgan fingerprint density at radius 1 is 1.17 bits per heavy atom. The van der Waals surface area contributed by atoms with Crippen LogP contribution in [0.15, 0.2) is 42.5 Å². The molecule has 0 aliphatic rings. The van der Waals surface area contributed by atoms with Crippen molar-refractivity contribution in [2.24, 2.45) is 0 Å². The fourth-order valence-corrected chi connectivity index (χ4v) is 2.77. The van der Waals surface area contributed by atoms with Crippen molar-refractivity contribution in [3.63, 3.8) is 0 Å². The third kappa shape index (κ3) is 5.25. The van der Waals surface area contributed by atoms with Gasteiger partial charge in [-0.25, -0.2) is 4.79 Å². The van der Waals surface area contributed by atoms with E-state index in [2.05, 4.69) is 0 Å². The number of esters is 1. The summed E-state index contributed by atoms with van der Waals surface area (Å²) in [6, 6.07) is 11.4. The van der Waals surface area contributed by atoms with E-state index in [1.165, 1.54) is 18.1 Å². The van der Waals surface area contributed by atoms with Crippen LogP contribution in [0.25, 0.3) is 0 Å². The van der Waals surface area contributed by atoms with E-state index >= 15 is 0 Å². The molecule has 0 aliphatic heterocycles. The molecule has 0 unspecified atom stereocenters. The van der Waals surface area contributed by atoms with Gasteiger partial charge in [-0.05, 0) is 19.4 Å². The number of carbonyl (C=O) groups is 2. The van der Waals surface area contributed by atoms with Gasteiger partial charge in [0.25, 0.3) is 11.6 Å². The average molecular weight is 416 g/mol. The van der Waals surface area contributed by atoms with E-state index in [1.807, 2.05) is 37.3 Å². The number of nitrogens with zero attached hydrogens (tertiary/aromatic N) is 2. The third-order valence-corrected chi connectivity index (χ3v) is 4.58. The molecular formula is C21H24N2O7. The first-order valence-electron chi connectivity index (χ1n) is 9.27. The second-order valence-corrected chi connectivity index (χ2v) is 6.38. The van der Waals surface area contributed by atoms with Gasteiger partial charge >= 0.3 is 5.97 Å². The maximum Gasteiger partial charge on any atom is 0.345 e. The van der Waals surface area contributed by atoms with E-state index in [1.54, 1.807) is 14.0 Å². The quantitative estimate of drug-likeness (QED) is 0.350. The Morgan fingerprint density at radius 3 is 2.40 bits per heavy atom. The van der Waals surface area contributed by atoms with E-state index in [4.69, 9.17) is 14.2 Å². The van der Waals surface area contributed by atoms with Gasteiger partial charge in [-0.2, -0.15) is 0 Å². The van der Waals surface area contributed by atoms with Gasteiger partial charge < -0.3 is 19.1 Å². The fourth-order valence-electron chi connectivity index (χ4n) is 2.77. The summed E-state index contributed by atoms with van der Waals surface area (Å²) in [5, 5.41) is 11.4. The average Bonchev–Trinajstić information content (AvgIpc) is 2.76. The molecule has 160 valence electrons. The molecule has 0 aliphatic carbocycles. The van der Waals surface area contributed by atoms with Crippen LogP contribution in [-0.2, 0) is 9.53 Å². The third-order valence-electron chi connectivity index (χ3n) is 4.58. The topological polar surface area (TPSA) is 108 Å². The van der Waals surface area contributed by atoms with E-state index in [9.17, 15) is 19.7 Å². The smallest absolute Gasteiger partial charge is 0.345 e. The van der Waals surface area contributed by atoms with E-state index in [0.717, 1.165) is 11.6 Å². The maximum atomic E-state index is 12.5. The van der Waals surface area contributed by atoms with Crippen molar-refractivity contribution >= 4 is 17.6 Å².